The maximum Gasteiger partial charge on any atom is 0.355 e. The Morgan fingerprint density at radius 2 is 2.28 bits per heavy atom. The van der Waals surface area contributed by atoms with Gasteiger partial charge in [0.2, 0.25) is 0 Å². The van der Waals surface area contributed by atoms with Crippen LogP contribution in [0.15, 0.2) is 12.3 Å². The Bertz CT molecular complexity index is 515. The molecule has 0 bridgehead atoms. The third-order valence-corrected chi connectivity index (χ3v) is 2.66. The molecule has 1 atom stereocenters. The average Bonchev–Trinajstić information content (AvgIpc) is 2.69. The second-order valence-electron chi connectivity index (χ2n) is 4.43. The minimum Gasteiger partial charge on any atom is -0.456 e. The van der Waals surface area contributed by atoms with Crippen LogP contribution in [0.4, 0.5) is 0 Å². The lowest BCUT2D eigenvalue weighted by Gasteiger charge is -2.19. The highest BCUT2D eigenvalue weighted by Crippen LogP contribution is 2.14. The van der Waals surface area contributed by atoms with Crippen LogP contribution in [0.1, 0.15) is 36.3 Å². The molecular weight excluding hydrogens is 228 g/mol. The molecule has 0 spiro atoms. The van der Waals surface area contributed by atoms with E-state index in [0.29, 0.717) is 17.7 Å². The Morgan fingerprint density at radius 1 is 1.61 bits per heavy atom. The number of ether oxygens (including phenoxy) is 1. The average molecular weight is 244 g/mol. The molecule has 1 rings (SSSR count). The minimum absolute atomic E-state index is 0.153. The summed E-state index contributed by atoms with van der Waals surface area (Å²) in [5.74, 6) is 2.20. The van der Waals surface area contributed by atoms with Gasteiger partial charge >= 0.3 is 5.97 Å². The summed E-state index contributed by atoms with van der Waals surface area (Å²) in [6, 6.07) is 3.49. The molecule has 0 unspecified atom stereocenters. The Hall–Kier alpha value is -2.20. The number of hydrogen-bond donors (Lipinski definition) is 0. The van der Waals surface area contributed by atoms with Crippen LogP contribution < -0.4 is 0 Å². The molecule has 0 saturated heterocycles. The number of aromatic nitrogens is 1. The molecule has 0 aliphatic rings. The van der Waals surface area contributed by atoms with E-state index in [4.69, 9.17) is 16.4 Å². The number of terminal acetylenes is 1. The number of hydrogen-bond acceptors (Lipinski definition) is 3. The zero-order chi connectivity index (χ0) is 13.7. The minimum atomic E-state index is -0.451. The van der Waals surface area contributed by atoms with Crippen molar-refractivity contribution < 1.29 is 9.53 Å². The highest BCUT2D eigenvalue weighted by molar-refractivity contribution is 5.88. The quantitative estimate of drug-likeness (QED) is 0.602. The zero-order valence-electron chi connectivity index (χ0n) is 10.8. The van der Waals surface area contributed by atoms with Gasteiger partial charge in [-0.2, -0.15) is 5.26 Å². The summed E-state index contributed by atoms with van der Waals surface area (Å²) in [5.41, 5.74) is 0.789. The predicted octanol–water partition coefficient (Wildman–Crippen LogP) is 2.10. The molecule has 0 N–H and O–H groups in total. The van der Waals surface area contributed by atoms with Gasteiger partial charge < -0.3 is 9.30 Å². The molecule has 1 aromatic heterocycles. The fourth-order valence-electron chi connectivity index (χ4n) is 1.56. The van der Waals surface area contributed by atoms with Gasteiger partial charge in [-0.05, 0) is 12.0 Å². The smallest absolute Gasteiger partial charge is 0.355 e. The molecule has 1 aromatic rings. The topological polar surface area (TPSA) is 55.0 Å². The molecule has 1 heterocycles. The summed E-state index contributed by atoms with van der Waals surface area (Å²) in [4.78, 5) is 12.0. The van der Waals surface area contributed by atoms with Gasteiger partial charge in [-0.15, -0.1) is 12.3 Å². The lowest BCUT2D eigenvalue weighted by molar-refractivity contribution is 0.0188. The van der Waals surface area contributed by atoms with Gasteiger partial charge in [-0.25, -0.2) is 4.79 Å². The van der Waals surface area contributed by atoms with Crippen LogP contribution in [0.3, 0.4) is 0 Å². The second kappa shape index (κ2) is 5.93. The SMILES string of the molecule is C#CC[C@@H](OC(=O)c1cc(C#N)cn1C)C(C)C. The van der Waals surface area contributed by atoms with Crippen molar-refractivity contribution in [3.63, 3.8) is 0 Å². The van der Waals surface area contributed by atoms with Gasteiger partial charge in [0.1, 0.15) is 17.9 Å². The molecule has 0 aliphatic heterocycles. The highest BCUT2D eigenvalue weighted by Gasteiger charge is 2.20. The fraction of sp³-hybridized carbons (Fsp3) is 0.429. The van der Waals surface area contributed by atoms with Crippen molar-refractivity contribution >= 4 is 5.97 Å². The normalized spacial score (nSPS) is 11.7. The molecule has 4 nitrogen and oxygen atoms in total. The molecule has 0 radical (unpaired) electrons. The van der Waals surface area contributed by atoms with E-state index in [-0.39, 0.29) is 12.0 Å². The molecule has 4 heteroatoms. The Morgan fingerprint density at radius 3 is 2.72 bits per heavy atom. The van der Waals surface area contributed by atoms with Crippen molar-refractivity contribution in [1.29, 1.82) is 5.26 Å². The predicted molar refractivity (Wildman–Crippen MR) is 67.6 cm³/mol. The van der Waals surface area contributed by atoms with Crippen LogP contribution in [0, 0.1) is 29.6 Å². The fourth-order valence-corrected chi connectivity index (χ4v) is 1.56. The number of aryl methyl sites for hydroxylation is 1. The third kappa shape index (κ3) is 3.15. The van der Waals surface area contributed by atoms with Gasteiger partial charge in [0, 0.05) is 19.7 Å². The van der Waals surface area contributed by atoms with E-state index in [0.717, 1.165) is 0 Å². The lowest BCUT2D eigenvalue weighted by atomic mass is 10.0. The van der Waals surface area contributed by atoms with Gasteiger partial charge in [-0.1, -0.05) is 13.8 Å². The van der Waals surface area contributed by atoms with E-state index in [9.17, 15) is 4.79 Å². The maximum absolute atomic E-state index is 12.0. The van der Waals surface area contributed by atoms with Crippen LogP contribution in [-0.4, -0.2) is 16.6 Å². The Kier molecular flexibility index (Phi) is 4.57. The van der Waals surface area contributed by atoms with Gasteiger partial charge in [0.25, 0.3) is 0 Å². The van der Waals surface area contributed by atoms with Gasteiger partial charge in [0.15, 0.2) is 0 Å². The summed E-state index contributed by atoms with van der Waals surface area (Å²) in [6.07, 6.45) is 6.92. The van der Waals surface area contributed by atoms with Gasteiger partial charge in [0.05, 0.1) is 5.56 Å². The van der Waals surface area contributed by atoms with Crippen molar-refractivity contribution in [1.82, 2.24) is 4.57 Å². The first-order valence-electron chi connectivity index (χ1n) is 5.70. The summed E-state index contributed by atoms with van der Waals surface area (Å²) in [7, 11) is 1.70. The van der Waals surface area contributed by atoms with Crippen LogP contribution in [-0.2, 0) is 11.8 Å². The van der Waals surface area contributed by atoms with Crippen LogP contribution in [0.25, 0.3) is 0 Å². The standard InChI is InChI=1S/C14H16N2O2/c1-5-6-13(10(2)3)18-14(17)12-7-11(8-15)9-16(12)4/h1,7,9-10,13H,6H2,2-4H3/t13-/m1/s1. The van der Waals surface area contributed by atoms with E-state index >= 15 is 0 Å². The van der Waals surface area contributed by atoms with E-state index in [2.05, 4.69) is 5.92 Å². The molecule has 0 fully saturated rings. The van der Waals surface area contributed by atoms with Crippen molar-refractivity contribution in [3.8, 4) is 18.4 Å². The Labute approximate surface area is 107 Å². The number of carbonyl (C=O) groups excluding carboxylic acids is 1. The molecule has 94 valence electrons. The monoisotopic (exact) mass is 244 g/mol. The molecule has 0 amide bonds. The highest BCUT2D eigenvalue weighted by atomic mass is 16.5. The number of esters is 1. The molecule has 0 saturated carbocycles. The van der Waals surface area contributed by atoms with Crippen LogP contribution in [0.2, 0.25) is 0 Å². The van der Waals surface area contributed by atoms with E-state index in [1.807, 2.05) is 19.9 Å². The molecule has 0 aliphatic carbocycles. The Balaban J connectivity index is 2.84. The molecule has 0 aromatic carbocycles. The zero-order valence-corrected chi connectivity index (χ0v) is 10.8. The van der Waals surface area contributed by atoms with E-state index in [1.165, 1.54) is 6.07 Å². The summed E-state index contributed by atoms with van der Waals surface area (Å²) in [5, 5.41) is 8.77. The van der Waals surface area contributed by atoms with Crippen LogP contribution >= 0.6 is 0 Å². The maximum atomic E-state index is 12.0. The first-order valence-corrected chi connectivity index (χ1v) is 5.70. The first-order chi connectivity index (χ1) is 8.49. The summed E-state index contributed by atoms with van der Waals surface area (Å²) in [6.45, 7) is 3.89. The van der Waals surface area contributed by atoms with Gasteiger partial charge in [-0.3, -0.25) is 0 Å². The summed E-state index contributed by atoms with van der Waals surface area (Å²) >= 11 is 0. The van der Waals surface area contributed by atoms with Crippen molar-refractivity contribution in [2.75, 3.05) is 0 Å². The molecular formula is C14H16N2O2. The number of nitrogens with zero attached hydrogens (tertiary/aromatic N) is 2. The van der Waals surface area contributed by atoms with E-state index < -0.39 is 5.97 Å². The van der Waals surface area contributed by atoms with Crippen molar-refractivity contribution in [3.05, 3.63) is 23.5 Å². The largest absolute Gasteiger partial charge is 0.456 e. The second-order valence-corrected chi connectivity index (χ2v) is 4.43. The number of carbonyl (C=O) groups is 1. The first kappa shape index (κ1) is 13.9. The number of rotatable bonds is 4. The van der Waals surface area contributed by atoms with Crippen molar-refractivity contribution in [2.24, 2.45) is 13.0 Å². The van der Waals surface area contributed by atoms with E-state index in [1.54, 1.807) is 17.8 Å². The lowest BCUT2D eigenvalue weighted by Crippen LogP contribution is -2.24. The molecule has 18 heavy (non-hydrogen) atoms. The third-order valence-electron chi connectivity index (χ3n) is 2.66. The summed E-state index contributed by atoms with van der Waals surface area (Å²) < 4.78 is 6.94. The number of nitriles is 1. The van der Waals surface area contributed by atoms with Crippen LogP contribution in [0.5, 0.6) is 0 Å². The van der Waals surface area contributed by atoms with Crippen molar-refractivity contribution in [2.45, 2.75) is 26.4 Å².